The Balaban J connectivity index is 2.20. The summed E-state index contributed by atoms with van der Waals surface area (Å²) in [5.74, 6) is 0.00183. The van der Waals surface area contributed by atoms with Gasteiger partial charge in [-0.15, -0.1) is 0 Å². The minimum absolute atomic E-state index is 0.00255. The van der Waals surface area contributed by atoms with Crippen molar-refractivity contribution >= 4 is 34.9 Å². The fourth-order valence-electron chi connectivity index (χ4n) is 2.49. The number of nitrogens with zero attached hydrogens (tertiary/aromatic N) is 1. The highest BCUT2D eigenvalue weighted by atomic mass is 35.5. The summed E-state index contributed by atoms with van der Waals surface area (Å²) < 4.78 is 0. The van der Waals surface area contributed by atoms with Gasteiger partial charge in [0, 0.05) is 34.6 Å². The van der Waals surface area contributed by atoms with Gasteiger partial charge in [0.05, 0.1) is 0 Å². The van der Waals surface area contributed by atoms with Crippen LogP contribution in [0, 0.1) is 0 Å². The van der Waals surface area contributed by atoms with Gasteiger partial charge in [-0.25, -0.2) is 0 Å². The highest BCUT2D eigenvalue weighted by Gasteiger charge is 2.30. The summed E-state index contributed by atoms with van der Waals surface area (Å²) in [7, 11) is 0. The lowest BCUT2D eigenvalue weighted by molar-refractivity contribution is -0.117. The van der Waals surface area contributed by atoms with Crippen molar-refractivity contribution in [1.82, 2.24) is 4.90 Å². The number of halogens is 2. The second-order valence-corrected chi connectivity index (χ2v) is 5.73. The van der Waals surface area contributed by atoms with Crippen molar-refractivity contribution in [2.75, 3.05) is 6.54 Å². The van der Waals surface area contributed by atoms with E-state index in [2.05, 4.69) is 0 Å². The topological polar surface area (TPSA) is 37.4 Å². The predicted octanol–water partition coefficient (Wildman–Crippen LogP) is 3.58. The van der Waals surface area contributed by atoms with Gasteiger partial charge in [0.2, 0.25) is 0 Å². The van der Waals surface area contributed by atoms with Gasteiger partial charge in [0.1, 0.15) is 5.78 Å². The lowest BCUT2D eigenvalue weighted by Gasteiger charge is -2.24. The maximum Gasteiger partial charge on any atom is 0.254 e. The van der Waals surface area contributed by atoms with Crippen LogP contribution in [0.3, 0.4) is 0 Å². The summed E-state index contributed by atoms with van der Waals surface area (Å²) in [6.07, 6.45) is 2.22. The fraction of sp³-hybridized carbons (Fsp3) is 0.429. The van der Waals surface area contributed by atoms with Gasteiger partial charge in [0.25, 0.3) is 5.91 Å². The summed E-state index contributed by atoms with van der Waals surface area (Å²) in [4.78, 5) is 25.4. The van der Waals surface area contributed by atoms with Crippen molar-refractivity contribution in [3.63, 3.8) is 0 Å². The van der Waals surface area contributed by atoms with Crippen molar-refractivity contribution in [2.24, 2.45) is 0 Å². The van der Waals surface area contributed by atoms with Gasteiger partial charge in [-0.05, 0) is 38.0 Å². The van der Waals surface area contributed by atoms with E-state index in [4.69, 9.17) is 23.2 Å². The van der Waals surface area contributed by atoms with E-state index in [0.29, 0.717) is 28.6 Å². The largest absolute Gasteiger partial charge is 0.335 e. The van der Waals surface area contributed by atoms with Crippen molar-refractivity contribution in [2.45, 2.75) is 32.2 Å². The quantitative estimate of drug-likeness (QED) is 0.855. The molecule has 0 bridgehead atoms. The molecule has 1 fully saturated rings. The van der Waals surface area contributed by atoms with Crippen molar-refractivity contribution < 1.29 is 9.59 Å². The molecule has 3 nitrogen and oxygen atoms in total. The Kier molecular flexibility index (Phi) is 4.48. The molecule has 1 aromatic carbocycles. The first-order valence-corrected chi connectivity index (χ1v) is 6.99. The number of rotatable bonds is 3. The minimum Gasteiger partial charge on any atom is -0.335 e. The maximum absolute atomic E-state index is 12.4. The van der Waals surface area contributed by atoms with Crippen LogP contribution in [0.1, 0.15) is 36.5 Å². The van der Waals surface area contributed by atoms with E-state index in [1.54, 1.807) is 30.0 Å². The van der Waals surface area contributed by atoms with Gasteiger partial charge in [-0.1, -0.05) is 23.2 Å². The Hall–Kier alpha value is -1.06. The number of ketones is 1. The van der Waals surface area contributed by atoms with Gasteiger partial charge in [-0.3, -0.25) is 9.59 Å². The summed E-state index contributed by atoms with van der Waals surface area (Å²) >= 11 is 11.8. The lowest BCUT2D eigenvalue weighted by Crippen LogP contribution is -2.36. The molecule has 0 spiro atoms. The van der Waals surface area contributed by atoms with Gasteiger partial charge >= 0.3 is 0 Å². The number of hydrogen-bond donors (Lipinski definition) is 0. The predicted molar refractivity (Wildman–Crippen MR) is 75.8 cm³/mol. The summed E-state index contributed by atoms with van der Waals surface area (Å²) in [5, 5.41) is 0.885. The molecule has 19 heavy (non-hydrogen) atoms. The molecule has 1 saturated heterocycles. The lowest BCUT2D eigenvalue weighted by atomic mass is 10.1. The maximum atomic E-state index is 12.4. The Morgan fingerprint density at radius 1 is 1.26 bits per heavy atom. The Labute approximate surface area is 122 Å². The van der Waals surface area contributed by atoms with E-state index in [1.165, 1.54) is 0 Å². The third-order valence-electron chi connectivity index (χ3n) is 3.27. The Bertz CT molecular complexity index is 496. The van der Waals surface area contributed by atoms with Gasteiger partial charge < -0.3 is 4.90 Å². The first-order chi connectivity index (χ1) is 8.97. The molecule has 2 rings (SSSR count). The average Bonchev–Trinajstić information content (AvgIpc) is 2.73. The Morgan fingerprint density at radius 2 is 1.89 bits per heavy atom. The van der Waals surface area contributed by atoms with Crippen molar-refractivity contribution in [3.8, 4) is 0 Å². The van der Waals surface area contributed by atoms with E-state index in [-0.39, 0.29) is 17.7 Å². The standard InChI is InChI=1S/C14H15Cl2NO2/c1-9(18)5-13-3-2-4-17(13)14(19)10-6-11(15)8-12(16)7-10/h6-8,13H,2-5H2,1H3. The number of benzene rings is 1. The number of carbonyl (C=O) groups excluding carboxylic acids is 2. The first kappa shape index (κ1) is 14.4. The van der Waals surface area contributed by atoms with Crippen LogP contribution in [-0.4, -0.2) is 29.2 Å². The van der Waals surface area contributed by atoms with Crippen LogP contribution in [0.4, 0.5) is 0 Å². The molecule has 0 aliphatic carbocycles. The molecule has 1 atom stereocenters. The van der Waals surface area contributed by atoms with Gasteiger partial charge in [-0.2, -0.15) is 0 Å². The van der Waals surface area contributed by atoms with Gasteiger partial charge in [0.15, 0.2) is 0 Å². The van der Waals surface area contributed by atoms with E-state index in [0.717, 1.165) is 12.8 Å². The molecule has 0 aromatic heterocycles. The highest BCUT2D eigenvalue weighted by molar-refractivity contribution is 6.35. The zero-order chi connectivity index (χ0) is 14.0. The van der Waals surface area contributed by atoms with Crippen LogP contribution in [0.15, 0.2) is 18.2 Å². The van der Waals surface area contributed by atoms with Crippen LogP contribution < -0.4 is 0 Å². The van der Waals surface area contributed by atoms with Crippen LogP contribution >= 0.6 is 23.2 Å². The summed E-state index contributed by atoms with van der Waals surface area (Å²) in [5.41, 5.74) is 0.480. The number of likely N-dealkylation sites (tertiary alicyclic amines) is 1. The van der Waals surface area contributed by atoms with Crippen LogP contribution in [0.2, 0.25) is 10.0 Å². The molecule has 1 aliphatic rings. The minimum atomic E-state index is -0.104. The molecule has 1 unspecified atom stereocenters. The number of carbonyl (C=O) groups is 2. The third kappa shape index (κ3) is 3.48. The summed E-state index contributed by atoms with van der Waals surface area (Å²) in [6, 6.07) is 4.82. The van der Waals surface area contributed by atoms with E-state index >= 15 is 0 Å². The monoisotopic (exact) mass is 299 g/mol. The van der Waals surface area contributed by atoms with Crippen LogP contribution in [0.25, 0.3) is 0 Å². The van der Waals surface area contributed by atoms with E-state index in [9.17, 15) is 9.59 Å². The molecular formula is C14H15Cl2NO2. The molecule has 1 aromatic rings. The number of Topliss-reactive ketones (excluding diaryl/α,β-unsaturated/α-hetero) is 1. The summed E-state index contributed by atoms with van der Waals surface area (Å²) in [6.45, 7) is 2.23. The average molecular weight is 300 g/mol. The van der Waals surface area contributed by atoms with Crippen molar-refractivity contribution in [3.05, 3.63) is 33.8 Å². The molecule has 102 valence electrons. The van der Waals surface area contributed by atoms with Crippen LogP contribution in [-0.2, 0) is 4.79 Å². The molecule has 1 heterocycles. The second kappa shape index (κ2) is 5.93. The smallest absolute Gasteiger partial charge is 0.254 e. The van der Waals surface area contributed by atoms with Crippen molar-refractivity contribution in [1.29, 1.82) is 0 Å². The molecule has 0 N–H and O–H groups in total. The normalized spacial score (nSPS) is 18.7. The number of amides is 1. The van der Waals surface area contributed by atoms with E-state index in [1.807, 2.05) is 0 Å². The molecule has 1 aliphatic heterocycles. The molecular weight excluding hydrogens is 285 g/mol. The third-order valence-corrected chi connectivity index (χ3v) is 3.71. The number of hydrogen-bond acceptors (Lipinski definition) is 2. The second-order valence-electron chi connectivity index (χ2n) is 4.86. The van der Waals surface area contributed by atoms with Crippen LogP contribution in [0.5, 0.6) is 0 Å². The van der Waals surface area contributed by atoms with E-state index < -0.39 is 0 Å². The molecule has 5 heteroatoms. The first-order valence-electron chi connectivity index (χ1n) is 6.24. The zero-order valence-electron chi connectivity index (χ0n) is 10.7. The molecule has 1 amide bonds. The molecule has 0 radical (unpaired) electrons. The highest BCUT2D eigenvalue weighted by Crippen LogP contribution is 2.25. The zero-order valence-corrected chi connectivity index (χ0v) is 12.2. The molecule has 0 saturated carbocycles. The Morgan fingerprint density at radius 3 is 2.47 bits per heavy atom. The fourth-order valence-corrected chi connectivity index (χ4v) is 3.02. The SMILES string of the molecule is CC(=O)CC1CCCN1C(=O)c1cc(Cl)cc(Cl)c1.